The summed E-state index contributed by atoms with van der Waals surface area (Å²) in [6.45, 7) is 7.75. The number of aromatic nitrogens is 2. The number of carbonyl (C=O) groups excluding carboxylic acids is 1. The van der Waals surface area contributed by atoms with Gasteiger partial charge in [0.2, 0.25) is 5.91 Å². The Morgan fingerprint density at radius 1 is 1.09 bits per heavy atom. The Kier molecular flexibility index (Phi) is 8.55. The number of ether oxygens (including phenoxy) is 1. The predicted octanol–water partition coefficient (Wildman–Crippen LogP) is 5.72. The zero-order valence-corrected chi connectivity index (χ0v) is 25.1. The van der Waals surface area contributed by atoms with E-state index in [0.717, 1.165) is 38.3 Å². The van der Waals surface area contributed by atoms with E-state index in [9.17, 15) is 4.79 Å². The lowest BCUT2D eigenvalue weighted by molar-refractivity contribution is -0.111. The normalized spacial score (nSPS) is 17.1. The molecule has 2 N–H and O–H groups in total. The van der Waals surface area contributed by atoms with Crippen molar-refractivity contribution in [3.05, 3.63) is 84.5 Å². The van der Waals surface area contributed by atoms with Crippen LogP contribution in [0.25, 0.3) is 10.4 Å². The van der Waals surface area contributed by atoms with E-state index in [1.807, 2.05) is 23.3 Å². The van der Waals surface area contributed by atoms with Crippen molar-refractivity contribution >= 4 is 45.9 Å². The zero-order valence-electron chi connectivity index (χ0n) is 24.3. The van der Waals surface area contributed by atoms with E-state index in [2.05, 4.69) is 85.8 Å². The average molecular weight is 598 g/mol. The number of nitrogens with one attached hydrogen (secondary N) is 2. The minimum Gasteiger partial charge on any atom is -0.494 e. The first-order valence-corrected chi connectivity index (χ1v) is 15.1. The Bertz CT molecular complexity index is 1590. The van der Waals surface area contributed by atoms with Crippen molar-refractivity contribution in [2.75, 3.05) is 67.5 Å². The van der Waals surface area contributed by atoms with E-state index >= 15 is 0 Å². The van der Waals surface area contributed by atoms with Gasteiger partial charge in [0.1, 0.15) is 17.9 Å². The second kappa shape index (κ2) is 12.8. The Labute approximate surface area is 255 Å². The first-order valence-electron chi connectivity index (χ1n) is 14.3. The fraction of sp³-hybridized carbons (Fsp3) is 0.281. The first-order chi connectivity index (χ1) is 21.0. The molecule has 2 aliphatic rings. The second-order valence-electron chi connectivity index (χ2n) is 10.5. The van der Waals surface area contributed by atoms with Gasteiger partial charge in [-0.2, -0.15) is 0 Å². The summed E-state index contributed by atoms with van der Waals surface area (Å²) in [6.07, 6.45) is 3.63. The van der Waals surface area contributed by atoms with Gasteiger partial charge in [0.15, 0.2) is 5.82 Å². The highest BCUT2D eigenvalue weighted by atomic mass is 32.1. The lowest BCUT2D eigenvalue weighted by Crippen LogP contribution is -2.44. The van der Waals surface area contributed by atoms with Gasteiger partial charge in [0.05, 0.1) is 36.8 Å². The molecule has 10 nitrogen and oxygen atoms in total. The number of benzene rings is 2. The van der Waals surface area contributed by atoms with Crippen LogP contribution in [-0.2, 0) is 9.63 Å². The van der Waals surface area contributed by atoms with Crippen LogP contribution in [0.2, 0.25) is 0 Å². The molecule has 2 aromatic carbocycles. The summed E-state index contributed by atoms with van der Waals surface area (Å²) in [6, 6.07) is 18.5. The number of anilines is 5. The number of rotatable bonds is 9. The number of carbonyl (C=O) groups is 1. The lowest BCUT2D eigenvalue weighted by atomic mass is 10.0. The van der Waals surface area contributed by atoms with Crippen LogP contribution in [0.3, 0.4) is 0 Å². The summed E-state index contributed by atoms with van der Waals surface area (Å²) >= 11 is 1.73. The van der Waals surface area contributed by atoms with Gasteiger partial charge in [0.25, 0.3) is 0 Å². The summed E-state index contributed by atoms with van der Waals surface area (Å²) in [5.41, 5.74) is 4.58. The van der Waals surface area contributed by atoms with Crippen molar-refractivity contribution in [1.29, 1.82) is 0 Å². The average Bonchev–Trinajstić information content (AvgIpc) is 3.75. The Morgan fingerprint density at radius 3 is 2.72 bits per heavy atom. The van der Waals surface area contributed by atoms with Crippen LogP contribution in [0.15, 0.2) is 79.0 Å². The summed E-state index contributed by atoms with van der Waals surface area (Å²) < 4.78 is 5.79. The van der Waals surface area contributed by atoms with Crippen LogP contribution < -0.4 is 25.3 Å². The van der Waals surface area contributed by atoms with Crippen molar-refractivity contribution < 1.29 is 14.4 Å². The van der Waals surface area contributed by atoms with E-state index in [1.165, 1.54) is 28.4 Å². The Morgan fingerprint density at radius 2 is 1.95 bits per heavy atom. The number of nitrogens with zero attached hydrogens (tertiary/aromatic N) is 5. The van der Waals surface area contributed by atoms with Gasteiger partial charge in [-0.05, 0) is 47.8 Å². The van der Waals surface area contributed by atoms with Crippen LogP contribution in [0.1, 0.15) is 18.0 Å². The minimum atomic E-state index is -0.281. The third-order valence-electron chi connectivity index (χ3n) is 7.73. The molecule has 0 saturated carbocycles. The summed E-state index contributed by atoms with van der Waals surface area (Å²) in [7, 11) is 3.74. The number of piperazine rings is 1. The summed E-state index contributed by atoms with van der Waals surface area (Å²) in [5, 5.41) is 10.3. The number of amides is 1. The van der Waals surface area contributed by atoms with Crippen molar-refractivity contribution in [3.8, 4) is 16.2 Å². The first kappa shape index (κ1) is 28.7. The van der Waals surface area contributed by atoms with E-state index in [1.54, 1.807) is 18.4 Å². The molecule has 1 amide bonds. The molecule has 6 rings (SSSR count). The third kappa shape index (κ3) is 6.34. The lowest BCUT2D eigenvalue weighted by Gasteiger charge is -2.35. The fourth-order valence-electron chi connectivity index (χ4n) is 5.44. The van der Waals surface area contributed by atoms with Gasteiger partial charge < -0.3 is 25.2 Å². The third-order valence-corrected chi connectivity index (χ3v) is 8.65. The smallest absolute Gasteiger partial charge is 0.247 e. The minimum absolute atomic E-state index is 0.0146. The molecular formula is C32H35N7O3S. The van der Waals surface area contributed by atoms with Crippen molar-refractivity contribution in [2.24, 2.45) is 0 Å². The van der Waals surface area contributed by atoms with Gasteiger partial charge in [-0.1, -0.05) is 30.8 Å². The van der Waals surface area contributed by atoms with Crippen LogP contribution >= 0.6 is 11.3 Å². The molecule has 2 aliphatic heterocycles. The molecule has 4 heterocycles. The van der Waals surface area contributed by atoms with E-state index < -0.39 is 0 Å². The van der Waals surface area contributed by atoms with Crippen LogP contribution in [0.5, 0.6) is 5.75 Å². The largest absolute Gasteiger partial charge is 0.494 e. The highest BCUT2D eigenvalue weighted by molar-refractivity contribution is 7.13. The Balaban J connectivity index is 1.28. The Hall–Kier alpha value is -4.45. The molecule has 2 fully saturated rings. The molecule has 2 saturated heterocycles. The number of hydrogen-bond acceptors (Lipinski definition) is 10. The molecule has 0 spiro atoms. The molecule has 2 aromatic heterocycles. The number of methoxy groups -OCH3 is 1. The molecule has 43 heavy (non-hydrogen) atoms. The van der Waals surface area contributed by atoms with Gasteiger partial charge in [-0.25, -0.2) is 15.0 Å². The SMILES string of the molecule is C=CC(=O)Nc1cc(Nc2cc(N3OCCC3c3cccc(-c4cccs4)c3)ncn2)c(OC)cc1N1CCN(C)CC1. The van der Waals surface area contributed by atoms with Crippen LogP contribution in [0.4, 0.5) is 28.7 Å². The molecule has 0 bridgehead atoms. The molecular weight excluding hydrogens is 562 g/mol. The number of thiophene rings is 1. The standard InChI is InChI=1S/C32H35N7O3S/c1-4-32(40)36-24-18-25(28(41-3)19-27(24)38-13-11-37(2)12-14-38)35-30-20-31(34-21-33-30)39-26(10-15-42-39)22-7-5-8-23(17-22)29-9-6-16-43-29/h4-9,16-21,26H,1,10-15H2,2-3H3,(H,36,40)(H,33,34,35). The zero-order chi connectivity index (χ0) is 29.8. The van der Waals surface area contributed by atoms with Gasteiger partial charge in [-0.15, -0.1) is 11.3 Å². The molecule has 1 unspecified atom stereocenters. The maximum Gasteiger partial charge on any atom is 0.247 e. The van der Waals surface area contributed by atoms with Crippen molar-refractivity contribution in [3.63, 3.8) is 0 Å². The topological polar surface area (TPSA) is 95.1 Å². The highest BCUT2D eigenvalue weighted by Gasteiger charge is 2.30. The number of hydroxylamine groups is 1. The fourth-order valence-corrected chi connectivity index (χ4v) is 6.17. The molecule has 1 atom stereocenters. The number of hydrogen-bond donors (Lipinski definition) is 2. The van der Waals surface area contributed by atoms with E-state index in [-0.39, 0.29) is 11.9 Å². The number of likely N-dealkylation sites (N-methyl/N-ethyl adjacent to an activating group) is 1. The monoisotopic (exact) mass is 597 g/mol. The summed E-state index contributed by atoms with van der Waals surface area (Å²) in [4.78, 5) is 33.2. The second-order valence-corrected chi connectivity index (χ2v) is 11.5. The van der Waals surface area contributed by atoms with E-state index in [0.29, 0.717) is 35.4 Å². The van der Waals surface area contributed by atoms with Crippen molar-refractivity contribution in [1.82, 2.24) is 14.9 Å². The molecule has 0 aliphatic carbocycles. The molecule has 0 radical (unpaired) electrons. The summed E-state index contributed by atoms with van der Waals surface area (Å²) in [5.74, 6) is 1.57. The maximum absolute atomic E-state index is 12.4. The molecule has 11 heteroatoms. The van der Waals surface area contributed by atoms with Crippen LogP contribution in [0, 0.1) is 0 Å². The predicted molar refractivity (Wildman–Crippen MR) is 172 cm³/mol. The maximum atomic E-state index is 12.4. The molecule has 4 aromatic rings. The quantitative estimate of drug-likeness (QED) is 0.235. The van der Waals surface area contributed by atoms with Gasteiger partial charge >= 0.3 is 0 Å². The van der Waals surface area contributed by atoms with E-state index in [4.69, 9.17) is 9.57 Å². The molecule has 222 valence electrons. The highest BCUT2D eigenvalue weighted by Crippen LogP contribution is 2.40. The van der Waals surface area contributed by atoms with Gasteiger partial charge in [-0.3, -0.25) is 9.63 Å². The van der Waals surface area contributed by atoms with Crippen LogP contribution in [-0.4, -0.2) is 67.7 Å². The van der Waals surface area contributed by atoms with Crippen molar-refractivity contribution in [2.45, 2.75) is 12.5 Å². The van der Waals surface area contributed by atoms with Gasteiger partial charge in [0, 0.05) is 49.6 Å².